The number of halogens is 2. The number of benzene rings is 2. The highest BCUT2D eigenvalue weighted by Crippen LogP contribution is 2.42. The molecule has 0 aliphatic carbocycles. The van der Waals surface area contributed by atoms with Crippen LogP contribution in [0.4, 0.5) is 4.79 Å². The highest BCUT2D eigenvalue weighted by Gasteiger charge is 2.29. The maximum Gasteiger partial charge on any atom is 0.410 e. The van der Waals surface area contributed by atoms with E-state index in [2.05, 4.69) is 46.6 Å². The first-order chi connectivity index (χ1) is 26.9. The number of pyridine rings is 2. The third-order valence-corrected chi connectivity index (χ3v) is 11.1. The SMILES string of the molecule is COc1nc(-c2cccc(-c3ccnc(-c4ccc5c(CNC6CCOCC6)cn(C)c5c4)c3Cl)c2Cl)ccc1CN(C[C@@H]1CCC(=O)N1)C(=O)OC(C)(C)C. The molecule has 13 heteroatoms. The van der Waals surface area contributed by atoms with Crippen molar-refractivity contribution in [2.45, 2.75) is 77.2 Å². The van der Waals surface area contributed by atoms with Crippen LogP contribution in [-0.4, -0.2) is 76.0 Å². The van der Waals surface area contributed by atoms with Crippen LogP contribution in [0.15, 0.2) is 67.0 Å². The lowest BCUT2D eigenvalue weighted by molar-refractivity contribution is -0.119. The van der Waals surface area contributed by atoms with Crippen molar-refractivity contribution < 1.29 is 23.8 Å². The molecule has 1 atom stereocenters. The molecule has 0 unspecified atom stereocenters. The smallest absolute Gasteiger partial charge is 0.410 e. The molecule has 0 spiro atoms. The van der Waals surface area contributed by atoms with E-state index in [1.54, 1.807) is 18.2 Å². The Labute approximate surface area is 337 Å². The van der Waals surface area contributed by atoms with Gasteiger partial charge < -0.3 is 34.3 Å². The average molecular weight is 800 g/mol. The molecule has 3 aromatic heterocycles. The Kier molecular flexibility index (Phi) is 11.9. The lowest BCUT2D eigenvalue weighted by Gasteiger charge is -2.29. The highest BCUT2D eigenvalue weighted by atomic mass is 35.5. The number of aromatic nitrogens is 3. The maximum absolute atomic E-state index is 13.3. The molecule has 2 aromatic carbocycles. The van der Waals surface area contributed by atoms with Gasteiger partial charge in [0.25, 0.3) is 0 Å². The van der Waals surface area contributed by atoms with Gasteiger partial charge in [-0.05, 0) is 69.9 Å². The van der Waals surface area contributed by atoms with Gasteiger partial charge in [-0.3, -0.25) is 9.78 Å². The number of nitrogens with zero attached hydrogens (tertiary/aromatic N) is 4. The second-order valence-electron chi connectivity index (χ2n) is 15.5. The molecule has 0 radical (unpaired) electrons. The number of rotatable bonds is 11. The van der Waals surface area contributed by atoms with Gasteiger partial charge in [0, 0.05) is 103 Å². The van der Waals surface area contributed by atoms with E-state index in [0.29, 0.717) is 63.9 Å². The number of hydrogen-bond donors (Lipinski definition) is 2. The zero-order valence-electron chi connectivity index (χ0n) is 32.5. The van der Waals surface area contributed by atoms with Crippen LogP contribution in [0.2, 0.25) is 10.0 Å². The van der Waals surface area contributed by atoms with Crippen molar-refractivity contribution in [2.24, 2.45) is 7.05 Å². The summed E-state index contributed by atoms with van der Waals surface area (Å²) in [7, 11) is 3.60. The number of amides is 2. The summed E-state index contributed by atoms with van der Waals surface area (Å²) in [6.45, 7) is 8.33. The molecule has 0 saturated carbocycles. The summed E-state index contributed by atoms with van der Waals surface area (Å²) in [6, 6.07) is 18.0. The predicted octanol–water partition coefficient (Wildman–Crippen LogP) is 8.57. The van der Waals surface area contributed by atoms with E-state index in [1.807, 2.05) is 57.2 Å². The monoisotopic (exact) mass is 798 g/mol. The summed E-state index contributed by atoms with van der Waals surface area (Å²) in [4.78, 5) is 36.4. The van der Waals surface area contributed by atoms with E-state index in [-0.39, 0.29) is 18.5 Å². The Morgan fingerprint density at radius 2 is 1.79 bits per heavy atom. The molecule has 2 aliphatic heterocycles. The van der Waals surface area contributed by atoms with Crippen LogP contribution in [0.25, 0.3) is 44.5 Å². The van der Waals surface area contributed by atoms with Crippen molar-refractivity contribution in [3.05, 3.63) is 88.2 Å². The van der Waals surface area contributed by atoms with Crippen molar-refractivity contribution in [3.63, 3.8) is 0 Å². The Morgan fingerprint density at radius 3 is 2.52 bits per heavy atom. The largest absolute Gasteiger partial charge is 0.481 e. The zero-order chi connectivity index (χ0) is 39.6. The van der Waals surface area contributed by atoms with Gasteiger partial charge in [0.15, 0.2) is 0 Å². The zero-order valence-corrected chi connectivity index (χ0v) is 34.0. The topological polar surface area (TPSA) is 120 Å². The standard InChI is InChI=1S/C43H48Cl2N6O5/c1-43(2,3)56-42(53)51(25-30-11-14-37(52)48-30)24-27-10-13-35(49-41(27)54-5)34-8-6-7-32(38(34)44)33-15-18-46-40(39(33)45)26-9-12-31-28(23-50(4)36(31)21-26)22-47-29-16-19-55-20-17-29/h6-10,12-13,15,18,21,23,29-30,47H,11,14,16-17,19-20,22,24-25H2,1-5H3,(H,48,52)/t30-/m0/s1. The molecular formula is C43H48Cl2N6O5. The van der Waals surface area contributed by atoms with Gasteiger partial charge in [-0.1, -0.05) is 53.5 Å². The van der Waals surface area contributed by atoms with Crippen molar-refractivity contribution in [1.29, 1.82) is 0 Å². The average Bonchev–Trinajstić information content (AvgIpc) is 3.74. The minimum atomic E-state index is -0.692. The van der Waals surface area contributed by atoms with Gasteiger partial charge >= 0.3 is 6.09 Å². The third-order valence-electron chi connectivity index (χ3n) is 10.3. The molecule has 2 N–H and O–H groups in total. The van der Waals surface area contributed by atoms with Crippen LogP contribution in [-0.2, 0) is 34.4 Å². The molecule has 2 amide bonds. The lowest BCUT2D eigenvalue weighted by Crippen LogP contribution is -2.43. The first kappa shape index (κ1) is 39.6. The number of carbonyl (C=O) groups excluding carboxylic acids is 2. The van der Waals surface area contributed by atoms with Crippen molar-refractivity contribution >= 4 is 46.1 Å². The van der Waals surface area contributed by atoms with E-state index in [9.17, 15) is 9.59 Å². The van der Waals surface area contributed by atoms with Crippen LogP contribution in [0.3, 0.4) is 0 Å². The van der Waals surface area contributed by atoms with Crippen molar-refractivity contribution in [3.8, 4) is 39.5 Å². The molecule has 5 heterocycles. The molecule has 7 rings (SSSR count). The molecule has 2 aliphatic rings. The Bertz CT molecular complexity index is 2250. The molecular weight excluding hydrogens is 751 g/mol. The van der Waals surface area contributed by atoms with E-state index >= 15 is 0 Å². The van der Waals surface area contributed by atoms with E-state index < -0.39 is 11.7 Å². The molecule has 294 valence electrons. The lowest BCUT2D eigenvalue weighted by atomic mass is 9.99. The van der Waals surface area contributed by atoms with Crippen LogP contribution >= 0.6 is 23.2 Å². The minimum absolute atomic E-state index is 0.0248. The number of fused-ring (bicyclic) bond motifs is 1. The Balaban J connectivity index is 1.15. The number of carbonyl (C=O) groups is 2. The maximum atomic E-state index is 13.3. The van der Waals surface area contributed by atoms with Gasteiger partial charge in [0.2, 0.25) is 11.8 Å². The van der Waals surface area contributed by atoms with E-state index in [4.69, 9.17) is 47.4 Å². The molecule has 56 heavy (non-hydrogen) atoms. The quantitative estimate of drug-likeness (QED) is 0.137. The number of methoxy groups -OCH3 is 1. The summed E-state index contributed by atoms with van der Waals surface area (Å²) in [5.41, 5.74) is 6.64. The highest BCUT2D eigenvalue weighted by molar-refractivity contribution is 6.39. The van der Waals surface area contributed by atoms with Gasteiger partial charge in [0.1, 0.15) is 5.60 Å². The second kappa shape index (κ2) is 16.8. The normalized spacial score (nSPS) is 16.3. The number of ether oxygens (including phenoxy) is 3. The summed E-state index contributed by atoms with van der Waals surface area (Å²) < 4.78 is 19.1. The molecule has 0 bridgehead atoms. The van der Waals surface area contributed by atoms with Gasteiger partial charge in [-0.15, -0.1) is 0 Å². The minimum Gasteiger partial charge on any atom is -0.481 e. The second-order valence-corrected chi connectivity index (χ2v) is 16.2. The van der Waals surface area contributed by atoms with Gasteiger partial charge in [0.05, 0.1) is 35.1 Å². The fourth-order valence-electron chi connectivity index (χ4n) is 7.44. The Hall–Kier alpha value is -4.68. The van der Waals surface area contributed by atoms with Crippen LogP contribution in [0.1, 0.15) is 57.6 Å². The van der Waals surface area contributed by atoms with Crippen LogP contribution < -0.4 is 15.4 Å². The Morgan fingerprint density at radius 1 is 1.02 bits per heavy atom. The first-order valence-electron chi connectivity index (χ1n) is 19.0. The molecule has 11 nitrogen and oxygen atoms in total. The molecule has 5 aromatic rings. The number of nitrogens with one attached hydrogen (secondary N) is 2. The molecule has 2 saturated heterocycles. The predicted molar refractivity (Wildman–Crippen MR) is 220 cm³/mol. The van der Waals surface area contributed by atoms with E-state index in [0.717, 1.165) is 54.8 Å². The third kappa shape index (κ3) is 8.81. The van der Waals surface area contributed by atoms with Crippen molar-refractivity contribution in [1.82, 2.24) is 30.1 Å². The van der Waals surface area contributed by atoms with Crippen LogP contribution in [0, 0.1) is 0 Å². The fraction of sp³-hybridized carbons (Fsp3) is 0.395. The van der Waals surface area contributed by atoms with E-state index in [1.165, 1.54) is 10.9 Å². The summed E-state index contributed by atoms with van der Waals surface area (Å²) in [6.07, 6.45) is 6.57. The first-order valence-corrected chi connectivity index (χ1v) is 19.8. The number of hydrogen-bond acceptors (Lipinski definition) is 8. The molecule has 2 fully saturated rings. The number of aryl methyl sites for hydroxylation is 1. The van der Waals surface area contributed by atoms with Gasteiger partial charge in [-0.2, -0.15) is 0 Å². The summed E-state index contributed by atoms with van der Waals surface area (Å²) in [5.74, 6) is 0.319. The van der Waals surface area contributed by atoms with Crippen LogP contribution in [0.5, 0.6) is 5.88 Å². The summed E-state index contributed by atoms with van der Waals surface area (Å²) in [5, 5.41) is 8.80. The van der Waals surface area contributed by atoms with Gasteiger partial charge in [-0.25, -0.2) is 9.78 Å². The van der Waals surface area contributed by atoms with Crippen molar-refractivity contribution in [2.75, 3.05) is 26.9 Å². The summed E-state index contributed by atoms with van der Waals surface area (Å²) >= 11 is 14.4. The fourth-order valence-corrected chi connectivity index (χ4v) is 8.08.